The van der Waals surface area contributed by atoms with Crippen LogP contribution in [0.25, 0.3) is 0 Å². The number of methoxy groups -OCH3 is 1. The van der Waals surface area contributed by atoms with Gasteiger partial charge in [0.2, 0.25) is 11.8 Å². The van der Waals surface area contributed by atoms with Crippen molar-refractivity contribution < 1.29 is 23.9 Å². The second-order valence-corrected chi connectivity index (χ2v) is 7.62. The van der Waals surface area contributed by atoms with Gasteiger partial charge in [0.05, 0.1) is 25.8 Å². The molecule has 152 valence electrons. The Labute approximate surface area is 164 Å². The maximum atomic E-state index is 12.5. The van der Waals surface area contributed by atoms with Crippen LogP contribution in [0.1, 0.15) is 43.5 Å². The molecular weight excluding hydrogens is 362 g/mol. The molecule has 1 aromatic rings. The number of hydrogen-bond donors (Lipinski definition) is 2. The Morgan fingerprint density at radius 1 is 1.36 bits per heavy atom. The number of hydrogen-bond acceptors (Lipinski definition) is 5. The number of carbonyl (C=O) groups excluding carboxylic acids is 3. The summed E-state index contributed by atoms with van der Waals surface area (Å²) >= 11 is 0. The number of benzene rings is 1. The van der Waals surface area contributed by atoms with E-state index < -0.39 is 5.60 Å². The van der Waals surface area contributed by atoms with Gasteiger partial charge >= 0.3 is 0 Å². The highest BCUT2D eigenvalue weighted by Gasteiger charge is 2.40. The molecule has 0 radical (unpaired) electrons. The minimum atomic E-state index is -0.702. The highest BCUT2D eigenvalue weighted by molar-refractivity contribution is 5.97. The van der Waals surface area contributed by atoms with Crippen molar-refractivity contribution in [1.29, 1.82) is 0 Å². The average Bonchev–Trinajstić information content (AvgIpc) is 2.88. The van der Waals surface area contributed by atoms with Crippen LogP contribution in [0.2, 0.25) is 0 Å². The van der Waals surface area contributed by atoms with E-state index in [2.05, 4.69) is 10.6 Å². The lowest BCUT2D eigenvalue weighted by Crippen LogP contribution is -2.46. The smallest absolute Gasteiger partial charge is 0.255 e. The number of ether oxygens (including phenoxy) is 2. The maximum absolute atomic E-state index is 12.5. The molecule has 1 saturated heterocycles. The first-order valence-electron chi connectivity index (χ1n) is 9.54. The molecule has 0 unspecified atom stereocenters. The SMILES string of the molecule is COc1ccc2c(c1)O[C@]1(CCC(=O)N(CC(=O)NC(C)C)CC1)CNC2=O. The summed E-state index contributed by atoms with van der Waals surface area (Å²) in [5.41, 5.74) is -0.256. The van der Waals surface area contributed by atoms with Crippen LogP contribution in [0.3, 0.4) is 0 Å². The molecule has 1 aromatic carbocycles. The summed E-state index contributed by atoms with van der Waals surface area (Å²) in [6.45, 7) is 4.49. The van der Waals surface area contributed by atoms with E-state index in [1.54, 1.807) is 30.2 Å². The van der Waals surface area contributed by atoms with Crippen LogP contribution in [0.4, 0.5) is 0 Å². The number of rotatable bonds is 4. The summed E-state index contributed by atoms with van der Waals surface area (Å²) in [5, 5.41) is 5.72. The van der Waals surface area contributed by atoms with Crippen molar-refractivity contribution in [2.75, 3.05) is 26.7 Å². The lowest BCUT2D eigenvalue weighted by atomic mass is 9.94. The quantitative estimate of drug-likeness (QED) is 0.804. The summed E-state index contributed by atoms with van der Waals surface area (Å²) in [6, 6.07) is 5.11. The second kappa shape index (κ2) is 8.08. The standard InChI is InChI=1S/C20H27N3O5/c1-13(2)22-17(24)11-23-9-8-20(7-6-18(23)25)12-21-19(26)15-5-4-14(27-3)10-16(15)28-20/h4-5,10,13H,6-9,11-12H2,1-3H3,(H,21,26)(H,22,24)/t20-/m0/s1. The minimum Gasteiger partial charge on any atom is -0.497 e. The van der Waals surface area contributed by atoms with Crippen LogP contribution in [-0.2, 0) is 9.59 Å². The lowest BCUT2D eigenvalue weighted by molar-refractivity contribution is -0.135. The van der Waals surface area contributed by atoms with Crippen molar-refractivity contribution >= 4 is 17.7 Å². The summed E-state index contributed by atoms with van der Waals surface area (Å²) < 4.78 is 11.5. The first-order chi connectivity index (χ1) is 13.3. The van der Waals surface area contributed by atoms with E-state index in [4.69, 9.17) is 9.47 Å². The zero-order valence-corrected chi connectivity index (χ0v) is 16.5. The molecule has 2 aliphatic rings. The van der Waals surface area contributed by atoms with Crippen molar-refractivity contribution in [3.63, 3.8) is 0 Å². The molecule has 3 amide bonds. The van der Waals surface area contributed by atoms with Crippen LogP contribution in [-0.4, -0.2) is 61.0 Å². The molecule has 1 fully saturated rings. The Hall–Kier alpha value is -2.77. The van der Waals surface area contributed by atoms with Gasteiger partial charge in [-0.05, 0) is 32.4 Å². The zero-order chi connectivity index (χ0) is 20.3. The summed E-state index contributed by atoms with van der Waals surface area (Å²) in [4.78, 5) is 38.6. The highest BCUT2D eigenvalue weighted by Crippen LogP contribution is 2.35. The number of nitrogens with zero attached hydrogens (tertiary/aromatic N) is 1. The predicted molar refractivity (Wildman–Crippen MR) is 102 cm³/mol. The third-order valence-corrected chi connectivity index (χ3v) is 5.10. The van der Waals surface area contributed by atoms with Gasteiger partial charge in [0.1, 0.15) is 17.1 Å². The molecule has 0 saturated carbocycles. The Kier molecular flexibility index (Phi) is 5.76. The Balaban J connectivity index is 1.78. The van der Waals surface area contributed by atoms with Gasteiger partial charge in [-0.2, -0.15) is 0 Å². The molecule has 0 bridgehead atoms. The molecule has 8 heteroatoms. The van der Waals surface area contributed by atoms with Gasteiger partial charge in [-0.25, -0.2) is 0 Å². The second-order valence-electron chi connectivity index (χ2n) is 7.62. The Morgan fingerprint density at radius 2 is 2.14 bits per heavy atom. The molecule has 0 aliphatic carbocycles. The largest absolute Gasteiger partial charge is 0.497 e. The number of likely N-dealkylation sites (tertiary alicyclic amines) is 1. The highest BCUT2D eigenvalue weighted by atomic mass is 16.5. The zero-order valence-electron chi connectivity index (χ0n) is 16.5. The van der Waals surface area contributed by atoms with E-state index in [0.717, 1.165) is 0 Å². The van der Waals surface area contributed by atoms with Gasteiger partial charge in [0.15, 0.2) is 0 Å². The van der Waals surface area contributed by atoms with E-state index in [1.807, 2.05) is 13.8 Å². The van der Waals surface area contributed by atoms with Gasteiger partial charge in [0.25, 0.3) is 5.91 Å². The van der Waals surface area contributed by atoms with Gasteiger partial charge in [0, 0.05) is 31.5 Å². The molecule has 1 spiro atoms. The van der Waals surface area contributed by atoms with Gasteiger partial charge in [-0.15, -0.1) is 0 Å². The molecule has 0 aromatic heterocycles. The van der Waals surface area contributed by atoms with Crippen LogP contribution in [0.15, 0.2) is 18.2 Å². The molecule has 3 rings (SSSR count). The van der Waals surface area contributed by atoms with Crippen molar-refractivity contribution in [2.45, 2.75) is 44.8 Å². The summed E-state index contributed by atoms with van der Waals surface area (Å²) in [5.74, 6) is 0.580. The van der Waals surface area contributed by atoms with Crippen molar-refractivity contribution in [2.24, 2.45) is 0 Å². The van der Waals surface area contributed by atoms with Gasteiger partial charge in [-0.1, -0.05) is 0 Å². The summed E-state index contributed by atoms with van der Waals surface area (Å²) in [7, 11) is 1.55. The van der Waals surface area contributed by atoms with E-state index in [0.29, 0.717) is 43.0 Å². The molecule has 2 N–H and O–H groups in total. The third-order valence-electron chi connectivity index (χ3n) is 5.10. The summed E-state index contributed by atoms with van der Waals surface area (Å²) in [6.07, 6.45) is 1.24. The van der Waals surface area contributed by atoms with Crippen LogP contribution < -0.4 is 20.1 Å². The molecule has 28 heavy (non-hydrogen) atoms. The minimum absolute atomic E-state index is 0.0211. The number of nitrogens with one attached hydrogen (secondary N) is 2. The Morgan fingerprint density at radius 3 is 2.86 bits per heavy atom. The lowest BCUT2D eigenvalue weighted by Gasteiger charge is -2.32. The van der Waals surface area contributed by atoms with E-state index in [9.17, 15) is 14.4 Å². The normalized spacial score (nSPS) is 22.1. The van der Waals surface area contributed by atoms with E-state index >= 15 is 0 Å². The molecule has 8 nitrogen and oxygen atoms in total. The predicted octanol–water partition coefficient (Wildman–Crippen LogP) is 1.09. The fraction of sp³-hybridized carbons (Fsp3) is 0.550. The van der Waals surface area contributed by atoms with Crippen molar-refractivity contribution in [3.8, 4) is 11.5 Å². The fourth-order valence-corrected chi connectivity index (χ4v) is 3.58. The number of carbonyl (C=O) groups is 3. The van der Waals surface area contributed by atoms with E-state index in [-0.39, 0.29) is 36.7 Å². The monoisotopic (exact) mass is 389 g/mol. The van der Waals surface area contributed by atoms with Crippen molar-refractivity contribution in [1.82, 2.24) is 15.5 Å². The molecular formula is C20H27N3O5. The fourth-order valence-electron chi connectivity index (χ4n) is 3.58. The van der Waals surface area contributed by atoms with Crippen molar-refractivity contribution in [3.05, 3.63) is 23.8 Å². The van der Waals surface area contributed by atoms with Gasteiger partial charge < -0.3 is 25.0 Å². The van der Waals surface area contributed by atoms with E-state index in [1.165, 1.54) is 0 Å². The molecule has 2 heterocycles. The van der Waals surface area contributed by atoms with Crippen LogP contribution >= 0.6 is 0 Å². The third kappa shape index (κ3) is 4.37. The topological polar surface area (TPSA) is 97.0 Å². The average molecular weight is 389 g/mol. The maximum Gasteiger partial charge on any atom is 0.255 e. The first kappa shape index (κ1) is 20.0. The molecule has 1 atom stereocenters. The Bertz CT molecular complexity index is 779. The molecule has 2 aliphatic heterocycles. The van der Waals surface area contributed by atoms with Crippen LogP contribution in [0, 0.1) is 0 Å². The van der Waals surface area contributed by atoms with Gasteiger partial charge in [-0.3, -0.25) is 14.4 Å². The first-order valence-corrected chi connectivity index (χ1v) is 9.54. The number of fused-ring (bicyclic) bond motifs is 1. The number of amides is 3. The van der Waals surface area contributed by atoms with Crippen LogP contribution in [0.5, 0.6) is 11.5 Å².